The molecule has 152 valence electrons. The molecule has 8 nitrogen and oxygen atoms in total. The minimum Gasteiger partial charge on any atom is -0.465 e. The summed E-state index contributed by atoms with van der Waals surface area (Å²) in [5, 5.41) is 1.19. The van der Waals surface area contributed by atoms with E-state index in [0.717, 1.165) is 15.2 Å². The number of H-pyrrole nitrogens is 1. The summed E-state index contributed by atoms with van der Waals surface area (Å²) in [6, 6.07) is 12.3. The maximum atomic E-state index is 12.2. The molecule has 0 spiro atoms. The second-order valence-electron chi connectivity index (χ2n) is 6.47. The third-order valence-electron chi connectivity index (χ3n) is 4.43. The summed E-state index contributed by atoms with van der Waals surface area (Å²) in [6.45, 7) is -0.174. The molecule has 0 bridgehead atoms. The van der Waals surface area contributed by atoms with E-state index in [-0.39, 0.29) is 30.0 Å². The lowest BCUT2D eigenvalue weighted by atomic mass is 10.1. The van der Waals surface area contributed by atoms with Crippen molar-refractivity contribution in [3.63, 3.8) is 0 Å². The Balaban J connectivity index is 1.41. The third kappa shape index (κ3) is 4.20. The van der Waals surface area contributed by atoms with Crippen LogP contribution in [-0.2, 0) is 27.3 Å². The molecule has 0 saturated carbocycles. The van der Waals surface area contributed by atoms with Crippen molar-refractivity contribution in [3.05, 3.63) is 69.2 Å². The maximum Gasteiger partial charge on any atom is 0.337 e. The van der Waals surface area contributed by atoms with Crippen molar-refractivity contribution < 1.29 is 19.1 Å². The van der Waals surface area contributed by atoms with E-state index >= 15 is 0 Å². The van der Waals surface area contributed by atoms with Crippen molar-refractivity contribution in [1.29, 1.82) is 0 Å². The first-order valence-electron chi connectivity index (χ1n) is 9.15. The lowest BCUT2D eigenvalue weighted by Crippen LogP contribution is -2.15. The van der Waals surface area contributed by atoms with Crippen molar-refractivity contribution in [3.8, 4) is 0 Å². The molecule has 0 saturated heterocycles. The number of fused-ring (bicyclic) bond motifs is 2. The zero-order valence-corrected chi connectivity index (χ0v) is 16.8. The molecule has 2 heterocycles. The molecule has 0 radical (unpaired) electrons. The van der Waals surface area contributed by atoms with E-state index in [1.165, 1.54) is 25.3 Å². The number of benzene rings is 2. The van der Waals surface area contributed by atoms with Crippen molar-refractivity contribution >= 4 is 44.4 Å². The van der Waals surface area contributed by atoms with Crippen LogP contribution in [0.2, 0.25) is 0 Å². The monoisotopic (exact) mass is 423 g/mol. The quantitative estimate of drug-likeness (QED) is 0.475. The van der Waals surface area contributed by atoms with Gasteiger partial charge >= 0.3 is 11.9 Å². The maximum absolute atomic E-state index is 12.2. The van der Waals surface area contributed by atoms with Crippen LogP contribution in [0, 0.1) is 0 Å². The Kier molecular flexibility index (Phi) is 5.53. The zero-order valence-electron chi connectivity index (χ0n) is 16.0. The van der Waals surface area contributed by atoms with Gasteiger partial charge in [0.05, 0.1) is 45.2 Å². The highest BCUT2D eigenvalue weighted by molar-refractivity contribution is 7.18. The van der Waals surface area contributed by atoms with E-state index in [1.807, 2.05) is 24.3 Å². The van der Waals surface area contributed by atoms with Gasteiger partial charge in [-0.3, -0.25) is 9.59 Å². The van der Waals surface area contributed by atoms with Crippen molar-refractivity contribution in [2.45, 2.75) is 19.4 Å². The Hall–Kier alpha value is -3.59. The molecule has 0 unspecified atom stereocenters. The van der Waals surface area contributed by atoms with Crippen LogP contribution in [0.4, 0.5) is 0 Å². The van der Waals surface area contributed by atoms with Gasteiger partial charge in [0.1, 0.15) is 12.4 Å². The van der Waals surface area contributed by atoms with Crippen LogP contribution in [0.5, 0.6) is 0 Å². The van der Waals surface area contributed by atoms with Crippen molar-refractivity contribution in [2.24, 2.45) is 0 Å². The summed E-state index contributed by atoms with van der Waals surface area (Å²) in [5.74, 6) is -0.745. The first-order chi connectivity index (χ1) is 14.5. The van der Waals surface area contributed by atoms with Gasteiger partial charge in [0.25, 0.3) is 5.56 Å². The summed E-state index contributed by atoms with van der Waals surface area (Å²) >= 11 is 1.55. The summed E-state index contributed by atoms with van der Waals surface area (Å²) in [4.78, 5) is 47.4. The number of nitrogens with zero attached hydrogens (tertiary/aromatic N) is 2. The first-order valence-corrected chi connectivity index (χ1v) is 9.96. The molecule has 30 heavy (non-hydrogen) atoms. The van der Waals surface area contributed by atoms with Gasteiger partial charge in [0.15, 0.2) is 0 Å². The highest BCUT2D eigenvalue weighted by Crippen LogP contribution is 2.22. The minimum absolute atomic E-state index is 0.171. The van der Waals surface area contributed by atoms with Gasteiger partial charge in [-0.15, -0.1) is 11.3 Å². The fraction of sp³-hybridized carbons (Fsp3) is 0.190. The predicted octanol–water partition coefficient (Wildman–Crippen LogP) is 3.00. The number of hydrogen-bond acceptors (Lipinski definition) is 8. The largest absolute Gasteiger partial charge is 0.465 e. The fourth-order valence-electron chi connectivity index (χ4n) is 2.96. The molecule has 0 aliphatic rings. The molecule has 1 N–H and O–H groups in total. The zero-order chi connectivity index (χ0) is 21.1. The standard InChI is InChI=1S/C21H17N3O5S/c1-28-21(27)12-6-7-13-15(10-12)22-17(24-20(13)26)11-29-19(25)9-8-18-23-14-4-2-3-5-16(14)30-18/h2-7,10H,8-9,11H2,1H3,(H,22,24,26). The van der Waals surface area contributed by atoms with Crippen LogP contribution >= 0.6 is 11.3 Å². The number of carbonyl (C=O) groups excluding carboxylic acids is 2. The van der Waals surface area contributed by atoms with Crippen LogP contribution in [0.25, 0.3) is 21.1 Å². The van der Waals surface area contributed by atoms with Gasteiger partial charge in [0.2, 0.25) is 0 Å². The highest BCUT2D eigenvalue weighted by Gasteiger charge is 2.12. The van der Waals surface area contributed by atoms with Gasteiger partial charge in [-0.2, -0.15) is 0 Å². The number of nitrogens with one attached hydrogen (secondary N) is 1. The van der Waals surface area contributed by atoms with Gasteiger partial charge in [-0.25, -0.2) is 14.8 Å². The lowest BCUT2D eigenvalue weighted by molar-refractivity contribution is -0.145. The molecule has 0 aliphatic heterocycles. The summed E-state index contributed by atoms with van der Waals surface area (Å²) in [5.41, 5.74) is 1.14. The summed E-state index contributed by atoms with van der Waals surface area (Å²) in [6.07, 6.45) is 0.645. The second kappa shape index (κ2) is 8.42. The van der Waals surface area contributed by atoms with Gasteiger partial charge in [-0.05, 0) is 30.3 Å². The summed E-state index contributed by atoms with van der Waals surface area (Å²) in [7, 11) is 1.27. The minimum atomic E-state index is -0.526. The van der Waals surface area contributed by atoms with E-state index in [2.05, 4.69) is 19.7 Å². The van der Waals surface area contributed by atoms with Gasteiger partial charge in [-0.1, -0.05) is 12.1 Å². The topological polar surface area (TPSA) is 111 Å². The molecular formula is C21H17N3O5S. The van der Waals surface area contributed by atoms with Crippen LogP contribution in [0.3, 0.4) is 0 Å². The number of methoxy groups -OCH3 is 1. The number of rotatable bonds is 6. The Bertz CT molecular complexity index is 1280. The fourth-order valence-corrected chi connectivity index (χ4v) is 3.92. The Morgan fingerprint density at radius 2 is 1.93 bits per heavy atom. The third-order valence-corrected chi connectivity index (χ3v) is 5.52. The normalized spacial score (nSPS) is 11.0. The summed E-state index contributed by atoms with van der Waals surface area (Å²) < 4.78 is 11.0. The molecule has 2 aromatic heterocycles. The number of hydrogen-bond donors (Lipinski definition) is 1. The smallest absolute Gasteiger partial charge is 0.337 e. The molecule has 0 atom stereocenters. The van der Waals surface area contributed by atoms with E-state index in [9.17, 15) is 14.4 Å². The molecule has 4 rings (SSSR count). The molecule has 4 aromatic rings. The average molecular weight is 423 g/mol. The molecule has 0 aliphatic carbocycles. The Morgan fingerprint density at radius 3 is 2.73 bits per heavy atom. The highest BCUT2D eigenvalue weighted by atomic mass is 32.1. The van der Waals surface area contributed by atoms with Gasteiger partial charge in [0, 0.05) is 6.42 Å². The Labute approximate surface area is 174 Å². The number of thiazole rings is 1. The number of carbonyl (C=O) groups is 2. The Morgan fingerprint density at radius 1 is 1.10 bits per heavy atom. The molecule has 0 fully saturated rings. The van der Waals surface area contributed by atoms with Crippen LogP contribution < -0.4 is 5.56 Å². The average Bonchev–Trinajstić information content (AvgIpc) is 3.18. The second-order valence-corrected chi connectivity index (χ2v) is 7.59. The van der Waals surface area contributed by atoms with E-state index in [4.69, 9.17) is 4.74 Å². The number of ether oxygens (including phenoxy) is 2. The van der Waals surface area contributed by atoms with Crippen molar-refractivity contribution in [1.82, 2.24) is 15.0 Å². The van der Waals surface area contributed by atoms with E-state index < -0.39 is 11.9 Å². The van der Waals surface area contributed by atoms with E-state index in [1.54, 1.807) is 11.3 Å². The number of para-hydroxylation sites is 1. The SMILES string of the molecule is COC(=O)c1ccc2c(=O)[nH]c(COC(=O)CCc3nc4ccccc4s3)nc2c1. The number of esters is 2. The molecule has 0 amide bonds. The first kappa shape index (κ1) is 19.7. The molecule has 2 aromatic carbocycles. The molecular weight excluding hydrogens is 406 g/mol. The lowest BCUT2D eigenvalue weighted by Gasteiger charge is -2.06. The number of aromatic nitrogens is 3. The van der Waals surface area contributed by atoms with Crippen LogP contribution in [0.1, 0.15) is 27.6 Å². The number of aryl methyl sites for hydroxylation is 1. The number of aromatic amines is 1. The van der Waals surface area contributed by atoms with Crippen molar-refractivity contribution in [2.75, 3.05) is 7.11 Å². The van der Waals surface area contributed by atoms with Crippen LogP contribution in [-0.4, -0.2) is 34.0 Å². The molecule has 9 heteroatoms. The van der Waals surface area contributed by atoms with Gasteiger partial charge < -0.3 is 14.5 Å². The predicted molar refractivity (Wildman–Crippen MR) is 111 cm³/mol. The van der Waals surface area contributed by atoms with E-state index in [0.29, 0.717) is 17.3 Å². The van der Waals surface area contributed by atoms with Crippen LogP contribution in [0.15, 0.2) is 47.3 Å².